The highest BCUT2D eigenvalue weighted by Gasteiger charge is 2.26. The lowest BCUT2D eigenvalue weighted by molar-refractivity contribution is -0.126. The first-order chi connectivity index (χ1) is 14.0. The predicted octanol–water partition coefficient (Wildman–Crippen LogP) is 4.54. The summed E-state index contributed by atoms with van der Waals surface area (Å²) in [4.78, 5) is 15.1. The van der Waals surface area contributed by atoms with Gasteiger partial charge in [-0.05, 0) is 49.2 Å². The van der Waals surface area contributed by atoms with E-state index in [2.05, 4.69) is 10.2 Å². The van der Waals surface area contributed by atoms with Crippen LogP contribution in [0.3, 0.4) is 0 Å². The van der Waals surface area contributed by atoms with Crippen molar-refractivity contribution in [3.63, 3.8) is 0 Å². The molecule has 1 heterocycles. The number of carbonyl (C=O) groups excluding carboxylic acids is 1. The van der Waals surface area contributed by atoms with Gasteiger partial charge in [0, 0.05) is 23.1 Å². The first-order valence-corrected chi connectivity index (χ1v) is 10.4. The molecule has 0 unspecified atom stereocenters. The molecule has 156 valence electrons. The van der Waals surface area contributed by atoms with Crippen molar-refractivity contribution in [1.82, 2.24) is 10.2 Å². The number of hydrogen-bond donors (Lipinski definition) is 1. The fourth-order valence-electron chi connectivity index (χ4n) is 3.73. The maximum Gasteiger partial charge on any atom is 0.224 e. The van der Waals surface area contributed by atoms with E-state index in [1.807, 2.05) is 30.3 Å². The standard InChI is InChI=1S/C22H26Cl2N2O3/c1-28-20-6-3-7-21(29-2)18(20)12-25-22(27)16-5-4-10-26(14-16)13-15-8-9-17(23)11-19(15)24/h3,6-9,11,16H,4-5,10,12-14H2,1-2H3,(H,25,27)/t16-/m0/s1. The number of halogens is 2. The number of methoxy groups -OCH3 is 2. The first-order valence-electron chi connectivity index (χ1n) is 9.65. The Morgan fingerprint density at radius 1 is 1.17 bits per heavy atom. The minimum atomic E-state index is -0.0597. The van der Waals surface area contributed by atoms with Crippen LogP contribution in [-0.2, 0) is 17.9 Å². The minimum Gasteiger partial charge on any atom is -0.496 e. The largest absolute Gasteiger partial charge is 0.496 e. The molecule has 3 rings (SSSR count). The normalized spacial score (nSPS) is 17.0. The van der Waals surface area contributed by atoms with E-state index < -0.39 is 0 Å². The number of nitrogens with zero attached hydrogens (tertiary/aromatic N) is 1. The Morgan fingerprint density at radius 2 is 1.90 bits per heavy atom. The number of rotatable bonds is 7. The molecule has 0 aliphatic carbocycles. The summed E-state index contributed by atoms with van der Waals surface area (Å²) in [6.07, 6.45) is 1.85. The number of benzene rings is 2. The van der Waals surface area contributed by atoms with E-state index in [0.717, 1.165) is 30.5 Å². The molecular weight excluding hydrogens is 411 g/mol. The Balaban J connectivity index is 1.60. The lowest BCUT2D eigenvalue weighted by Crippen LogP contribution is -2.42. The number of piperidine rings is 1. The highest BCUT2D eigenvalue weighted by Crippen LogP contribution is 2.29. The molecule has 0 aromatic heterocycles. The molecule has 0 radical (unpaired) electrons. The maximum absolute atomic E-state index is 12.8. The van der Waals surface area contributed by atoms with Gasteiger partial charge >= 0.3 is 0 Å². The van der Waals surface area contributed by atoms with Gasteiger partial charge in [-0.1, -0.05) is 35.3 Å². The average molecular weight is 437 g/mol. The van der Waals surface area contributed by atoms with E-state index in [9.17, 15) is 4.79 Å². The molecule has 2 aromatic rings. The molecule has 29 heavy (non-hydrogen) atoms. The summed E-state index contributed by atoms with van der Waals surface area (Å²) in [7, 11) is 3.22. The van der Waals surface area contributed by atoms with Crippen LogP contribution in [0.25, 0.3) is 0 Å². The van der Waals surface area contributed by atoms with Gasteiger partial charge in [-0.3, -0.25) is 9.69 Å². The lowest BCUT2D eigenvalue weighted by atomic mass is 9.96. The Morgan fingerprint density at radius 3 is 2.55 bits per heavy atom. The van der Waals surface area contributed by atoms with Crippen molar-refractivity contribution in [2.75, 3.05) is 27.3 Å². The van der Waals surface area contributed by atoms with Crippen molar-refractivity contribution in [2.45, 2.75) is 25.9 Å². The summed E-state index contributed by atoms with van der Waals surface area (Å²) in [5.74, 6) is 1.39. The van der Waals surface area contributed by atoms with Gasteiger partial charge in [0.1, 0.15) is 11.5 Å². The van der Waals surface area contributed by atoms with Crippen molar-refractivity contribution < 1.29 is 14.3 Å². The fraction of sp³-hybridized carbons (Fsp3) is 0.409. The molecule has 1 aliphatic rings. The van der Waals surface area contributed by atoms with Crippen LogP contribution in [0.1, 0.15) is 24.0 Å². The van der Waals surface area contributed by atoms with Gasteiger partial charge in [-0.2, -0.15) is 0 Å². The number of likely N-dealkylation sites (tertiary alicyclic amines) is 1. The molecule has 0 bridgehead atoms. The molecule has 1 fully saturated rings. The second kappa shape index (κ2) is 10.2. The molecule has 7 heteroatoms. The predicted molar refractivity (Wildman–Crippen MR) is 116 cm³/mol. The fourth-order valence-corrected chi connectivity index (χ4v) is 4.19. The van der Waals surface area contributed by atoms with Crippen LogP contribution in [0.4, 0.5) is 0 Å². The zero-order valence-corrected chi connectivity index (χ0v) is 18.2. The van der Waals surface area contributed by atoms with E-state index in [4.69, 9.17) is 32.7 Å². The first kappa shape index (κ1) is 21.8. The number of ether oxygens (including phenoxy) is 2. The van der Waals surface area contributed by atoms with Gasteiger partial charge in [0.15, 0.2) is 0 Å². The van der Waals surface area contributed by atoms with Crippen LogP contribution < -0.4 is 14.8 Å². The van der Waals surface area contributed by atoms with Gasteiger partial charge in [-0.15, -0.1) is 0 Å². The molecule has 5 nitrogen and oxygen atoms in total. The minimum absolute atomic E-state index is 0.0462. The second-order valence-electron chi connectivity index (χ2n) is 7.17. The Kier molecular flexibility index (Phi) is 7.64. The van der Waals surface area contributed by atoms with E-state index in [-0.39, 0.29) is 11.8 Å². The Bertz CT molecular complexity index is 838. The highest BCUT2D eigenvalue weighted by molar-refractivity contribution is 6.35. The van der Waals surface area contributed by atoms with Crippen LogP contribution in [-0.4, -0.2) is 38.1 Å². The Hall–Kier alpha value is -1.95. The molecule has 0 saturated carbocycles. The van der Waals surface area contributed by atoms with Gasteiger partial charge in [0.25, 0.3) is 0 Å². The summed E-state index contributed by atoms with van der Waals surface area (Å²) in [6, 6.07) is 11.1. The zero-order valence-electron chi connectivity index (χ0n) is 16.7. The quantitative estimate of drug-likeness (QED) is 0.691. The van der Waals surface area contributed by atoms with Gasteiger partial charge < -0.3 is 14.8 Å². The highest BCUT2D eigenvalue weighted by atomic mass is 35.5. The molecule has 1 aliphatic heterocycles. The van der Waals surface area contributed by atoms with Crippen LogP contribution >= 0.6 is 23.2 Å². The van der Waals surface area contributed by atoms with Crippen molar-refractivity contribution in [3.05, 3.63) is 57.6 Å². The zero-order chi connectivity index (χ0) is 20.8. The topological polar surface area (TPSA) is 50.8 Å². The average Bonchev–Trinajstić information content (AvgIpc) is 2.73. The van der Waals surface area contributed by atoms with Gasteiger partial charge in [0.05, 0.1) is 32.2 Å². The van der Waals surface area contributed by atoms with Gasteiger partial charge in [0.2, 0.25) is 5.91 Å². The number of amides is 1. The van der Waals surface area contributed by atoms with Gasteiger partial charge in [-0.25, -0.2) is 0 Å². The van der Waals surface area contributed by atoms with Crippen molar-refractivity contribution >= 4 is 29.1 Å². The van der Waals surface area contributed by atoms with Crippen molar-refractivity contribution in [2.24, 2.45) is 5.92 Å². The number of nitrogens with one attached hydrogen (secondary N) is 1. The van der Waals surface area contributed by atoms with E-state index in [1.165, 1.54) is 0 Å². The van der Waals surface area contributed by atoms with Crippen LogP contribution in [0.2, 0.25) is 10.0 Å². The van der Waals surface area contributed by atoms with E-state index >= 15 is 0 Å². The summed E-state index contributed by atoms with van der Waals surface area (Å²) >= 11 is 12.3. The van der Waals surface area contributed by atoms with Crippen LogP contribution in [0, 0.1) is 5.92 Å². The van der Waals surface area contributed by atoms with E-state index in [0.29, 0.717) is 41.2 Å². The maximum atomic E-state index is 12.8. The SMILES string of the molecule is COc1cccc(OC)c1CNC(=O)[C@H]1CCCN(Cc2ccc(Cl)cc2Cl)C1. The summed E-state index contributed by atoms with van der Waals surface area (Å²) in [5, 5.41) is 4.34. The second-order valence-corrected chi connectivity index (χ2v) is 8.01. The third-order valence-electron chi connectivity index (χ3n) is 5.25. The molecule has 1 atom stereocenters. The van der Waals surface area contributed by atoms with Crippen LogP contribution in [0.5, 0.6) is 11.5 Å². The van der Waals surface area contributed by atoms with Crippen molar-refractivity contribution in [1.29, 1.82) is 0 Å². The molecule has 2 aromatic carbocycles. The third kappa shape index (κ3) is 5.56. The van der Waals surface area contributed by atoms with Crippen LogP contribution in [0.15, 0.2) is 36.4 Å². The molecule has 1 saturated heterocycles. The molecule has 1 N–H and O–H groups in total. The molecule has 0 spiro atoms. The number of hydrogen-bond acceptors (Lipinski definition) is 4. The van der Waals surface area contributed by atoms with Crippen molar-refractivity contribution in [3.8, 4) is 11.5 Å². The monoisotopic (exact) mass is 436 g/mol. The Labute approximate surface area is 181 Å². The molecule has 1 amide bonds. The third-order valence-corrected chi connectivity index (χ3v) is 5.84. The summed E-state index contributed by atoms with van der Waals surface area (Å²) in [6.45, 7) is 2.72. The molecular formula is C22H26Cl2N2O3. The van der Waals surface area contributed by atoms with E-state index in [1.54, 1.807) is 20.3 Å². The summed E-state index contributed by atoms with van der Waals surface area (Å²) < 4.78 is 10.8. The number of carbonyl (C=O) groups is 1. The summed E-state index contributed by atoms with van der Waals surface area (Å²) in [5.41, 5.74) is 1.86. The lowest BCUT2D eigenvalue weighted by Gasteiger charge is -2.32. The smallest absolute Gasteiger partial charge is 0.224 e.